The van der Waals surface area contributed by atoms with Crippen molar-refractivity contribution in [3.8, 4) is 0 Å². The van der Waals surface area contributed by atoms with E-state index in [1.54, 1.807) is 23.1 Å². The average Bonchev–Trinajstić information content (AvgIpc) is 2.53. The predicted octanol–water partition coefficient (Wildman–Crippen LogP) is 3.16. The summed E-state index contributed by atoms with van der Waals surface area (Å²) in [6.07, 6.45) is 0. The van der Waals surface area contributed by atoms with E-state index in [-0.39, 0.29) is 5.78 Å². The lowest BCUT2D eigenvalue weighted by Crippen LogP contribution is -2.09. The van der Waals surface area contributed by atoms with Crippen molar-refractivity contribution >= 4 is 40.5 Å². The topological polar surface area (TPSA) is 17.1 Å². The van der Waals surface area contributed by atoms with Crippen LogP contribution in [-0.4, -0.2) is 11.5 Å². The maximum atomic E-state index is 11.5. The van der Waals surface area contributed by atoms with Gasteiger partial charge in [0.25, 0.3) is 0 Å². The first kappa shape index (κ1) is 8.35. The number of rotatable bonds is 0. The van der Waals surface area contributed by atoms with Crippen molar-refractivity contribution < 1.29 is 4.79 Å². The Kier molecular flexibility index (Phi) is 2.26. The Labute approximate surface area is 83.4 Å². The van der Waals surface area contributed by atoms with Gasteiger partial charge in [0.2, 0.25) is 0 Å². The fourth-order valence-electron chi connectivity index (χ4n) is 1.04. The van der Waals surface area contributed by atoms with Gasteiger partial charge in [-0.3, -0.25) is 4.79 Å². The quantitative estimate of drug-likeness (QED) is 0.620. The van der Waals surface area contributed by atoms with Gasteiger partial charge in [0.15, 0.2) is 5.78 Å². The summed E-state index contributed by atoms with van der Waals surface area (Å²) in [4.78, 5) is 11.5. The van der Waals surface area contributed by atoms with Gasteiger partial charge in [0, 0.05) is 22.4 Å². The highest BCUT2D eigenvalue weighted by Crippen LogP contribution is 2.36. The molecule has 0 fully saturated rings. The fourth-order valence-corrected chi connectivity index (χ4v) is 3.35. The molecule has 2 rings (SSSR count). The second kappa shape index (κ2) is 3.24. The second-order valence-electron chi connectivity index (χ2n) is 2.37. The van der Waals surface area contributed by atoms with E-state index >= 15 is 0 Å². The molecule has 0 saturated carbocycles. The van der Waals surface area contributed by atoms with Crippen LogP contribution in [0.4, 0.5) is 0 Å². The molecule has 1 aliphatic rings. The van der Waals surface area contributed by atoms with Crippen LogP contribution in [0.3, 0.4) is 0 Å². The third kappa shape index (κ3) is 1.22. The molecule has 0 unspecified atom stereocenters. The number of hydrogen-bond donors (Lipinski definition) is 0. The molecule has 1 aromatic rings. The molecule has 2 heterocycles. The lowest BCUT2D eigenvalue weighted by atomic mass is 10.1. The molecule has 1 aliphatic heterocycles. The average molecular weight is 217 g/mol. The van der Waals surface area contributed by atoms with E-state index in [4.69, 9.17) is 11.6 Å². The van der Waals surface area contributed by atoms with E-state index < -0.39 is 0 Å². The van der Waals surface area contributed by atoms with Crippen molar-refractivity contribution in [2.45, 2.75) is 4.21 Å². The van der Waals surface area contributed by atoms with Crippen LogP contribution in [0.25, 0.3) is 0 Å². The summed E-state index contributed by atoms with van der Waals surface area (Å²) in [6, 6.07) is 1.86. The third-order valence-electron chi connectivity index (χ3n) is 1.66. The number of carbonyl (C=O) groups excluding carboxylic acids is 1. The molecule has 1 nitrogen and oxygen atoms in total. The number of Topliss-reactive ketones (excluding diaryl/α,β-unsaturated/α-hetero) is 1. The Morgan fingerprint density at radius 2 is 2.42 bits per heavy atom. The standard InChI is InChI=1S/C8H5ClOS2/c9-3-5-4-12-8-6(7(5)10)1-2-11-8/h1-3H,4H2/b5-3+. The zero-order valence-electron chi connectivity index (χ0n) is 6.04. The summed E-state index contributed by atoms with van der Waals surface area (Å²) < 4.78 is 1.11. The Morgan fingerprint density at radius 3 is 3.17 bits per heavy atom. The van der Waals surface area contributed by atoms with E-state index in [1.165, 1.54) is 5.54 Å². The molecule has 0 saturated heterocycles. The van der Waals surface area contributed by atoms with Gasteiger partial charge in [-0.15, -0.1) is 23.1 Å². The summed E-state index contributed by atoms with van der Waals surface area (Å²) in [5.74, 6) is 0.788. The Morgan fingerprint density at radius 1 is 1.58 bits per heavy atom. The van der Waals surface area contributed by atoms with E-state index in [9.17, 15) is 4.79 Å². The molecule has 12 heavy (non-hydrogen) atoms. The molecule has 1 aromatic heterocycles. The molecule has 0 N–H and O–H groups in total. The van der Waals surface area contributed by atoms with Gasteiger partial charge in [0.05, 0.1) is 4.21 Å². The number of halogens is 1. The fraction of sp³-hybridized carbons (Fsp3) is 0.125. The Hall–Kier alpha value is -0.250. The number of fused-ring (bicyclic) bond motifs is 1. The zero-order valence-corrected chi connectivity index (χ0v) is 8.43. The highest BCUT2D eigenvalue weighted by atomic mass is 35.5. The van der Waals surface area contributed by atoms with E-state index in [0.717, 1.165) is 9.77 Å². The molecule has 0 spiro atoms. The SMILES string of the molecule is O=C1/C(=C/Cl)CSc2sccc21. The largest absolute Gasteiger partial charge is 0.289 e. The van der Waals surface area contributed by atoms with Crippen LogP contribution >= 0.6 is 34.7 Å². The number of hydrogen-bond acceptors (Lipinski definition) is 3. The van der Waals surface area contributed by atoms with Crippen LogP contribution < -0.4 is 0 Å². The number of thioether (sulfide) groups is 1. The summed E-state index contributed by atoms with van der Waals surface area (Å²) in [6.45, 7) is 0. The van der Waals surface area contributed by atoms with Crippen LogP contribution in [0.1, 0.15) is 10.4 Å². The van der Waals surface area contributed by atoms with Crippen LogP contribution in [0.2, 0.25) is 0 Å². The molecule has 0 radical (unpaired) electrons. The van der Waals surface area contributed by atoms with Crippen molar-refractivity contribution in [1.82, 2.24) is 0 Å². The van der Waals surface area contributed by atoms with E-state index in [0.29, 0.717) is 11.3 Å². The minimum absolute atomic E-state index is 0.0833. The van der Waals surface area contributed by atoms with E-state index in [1.807, 2.05) is 11.4 Å². The molecule has 0 aromatic carbocycles. The van der Waals surface area contributed by atoms with Crippen molar-refractivity contribution in [2.75, 3.05) is 5.75 Å². The normalized spacial score (nSPS) is 19.8. The van der Waals surface area contributed by atoms with Crippen molar-refractivity contribution in [2.24, 2.45) is 0 Å². The Balaban J connectivity index is 2.49. The summed E-state index contributed by atoms with van der Waals surface area (Å²) in [5, 5.41) is 1.94. The van der Waals surface area contributed by atoms with Crippen molar-refractivity contribution in [3.63, 3.8) is 0 Å². The number of ketones is 1. The van der Waals surface area contributed by atoms with Crippen LogP contribution in [0, 0.1) is 0 Å². The molecular formula is C8H5ClOS2. The van der Waals surface area contributed by atoms with E-state index in [2.05, 4.69) is 0 Å². The molecule has 4 heteroatoms. The van der Waals surface area contributed by atoms with Crippen LogP contribution in [0.5, 0.6) is 0 Å². The molecular weight excluding hydrogens is 212 g/mol. The Bertz CT molecular complexity index is 354. The van der Waals surface area contributed by atoms with Crippen LogP contribution in [-0.2, 0) is 0 Å². The summed E-state index contributed by atoms with van der Waals surface area (Å²) >= 11 is 8.81. The predicted molar refractivity (Wildman–Crippen MR) is 53.3 cm³/mol. The van der Waals surface area contributed by atoms with Crippen molar-refractivity contribution in [3.05, 3.63) is 28.1 Å². The van der Waals surface area contributed by atoms with Gasteiger partial charge in [-0.05, 0) is 11.4 Å². The smallest absolute Gasteiger partial charge is 0.192 e. The first-order valence-corrected chi connectivity index (χ1v) is 5.67. The van der Waals surface area contributed by atoms with Gasteiger partial charge in [-0.25, -0.2) is 0 Å². The van der Waals surface area contributed by atoms with Crippen molar-refractivity contribution in [1.29, 1.82) is 0 Å². The van der Waals surface area contributed by atoms with Gasteiger partial charge in [-0.1, -0.05) is 11.6 Å². The maximum Gasteiger partial charge on any atom is 0.192 e. The lowest BCUT2D eigenvalue weighted by molar-refractivity contribution is 0.103. The van der Waals surface area contributed by atoms with Gasteiger partial charge in [0.1, 0.15) is 0 Å². The summed E-state index contributed by atoms with van der Waals surface area (Å²) in [7, 11) is 0. The monoisotopic (exact) mass is 216 g/mol. The van der Waals surface area contributed by atoms with Gasteiger partial charge >= 0.3 is 0 Å². The molecule has 0 aliphatic carbocycles. The van der Waals surface area contributed by atoms with Crippen LogP contribution in [0.15, 0.2) is 26.8 Å². The molecule has 62 valence electrons. The molecule has 0 amide bonds. The lowest BCUT2D eigenvalue weighted by Gasteiger charge is -2.11. The number of carbonyl (C=O) groups is 1. The highest BCUT2D eigenvalue weighted by molar-refractivity contribution is 8.01. The summed E-state index contributed by atoms with van der Waals surface area (Å²) in [5.41, 5.74) is 2.89. The first-order valence-electron chi connectivity index (χ1n) is 3.37. The maximum absolute atomic E-state index is 11.5. The third-order valence-corrected chi connectivity index (χ3v) is 4.21. The zero-order chi connectivity index (χ0) is 8.55. The minimum Gasteiger partial charge on any atom is -0.289 e. The molecule has 0 bridgehead atoms. The number of thiophene rings is 1. The first-order chi connectivity index (χ1) is 5.83. The van der Waals surface area contributed by atoms with Gasteiger partial charge < -0.3 is 0 Å². The highest BCUT2D eigenvalue weighted by Gasteiger charge is 2.22. The second-order valence-corrected chi connectivity index (χ2v) is 4.75. The minimum atomic E-state index is 0.0833. The molecule has 0 atom stereocenters. The van der Waals surface area contributed by atoms with Gasteiger partial charge in [-0.2, -0.15) is 0 Å².